The van der Waals surface area contributed by atoms with E-state index in [2.05, 4.69) is 15.2 Å². The van der Waals surface area contributed by atoms with Gasteiger partial charge in [-0.15, -0.1) is 0 Å². The van der Waals surface area contributed by atoms with Gasteiger partial charge in [-0.1, -0.05) is 12.8 Å². The minimum Gasteiger partial charge on any atom is -0.338 e. The minimum absolute atomic E-state index is 0.290. The van der Waals surface area contributed by atoms with E-state index in [0.29, 0.717) is 30.2 Å². The zero-order valence-corrected chi connectivity index (χ0v) is 10.1. The molecule has 5 heteroatoms. The maximum Gasteiger partial charge on any atom is 0.226 e. The molecule has 92 valence electrons. The SMILES string of the molecule is CN(Cc1ncn[nH]1)C(=O)C1C2CCCCC21. The molecule has 0 spiro atoms. The predicted octanol–water partition coefficient (Wildman–Crippen LogP) is 1.20. The molecule has 5 nitrogen and oxygen atoms in total. The molecule has 2 fully saturated rings. The first-order valence-corrected chi connectivity index (χ1v) is 6.36. The highest BCUT2D eigenvalue weighted by Gasteiger charge is 2.55. The summed E-state index contributed by atoms with van der Waals surface area (Å²) in [6, 6.07) is 0. The van der Waals surface area contributed by atoms with Crippen molar-refractivity contribution < 1.29 is 4.79 Å². The second-order valence-corrected chi connectivity index (χ2v) is 5.26. The number of H-pyrrole nitrogens is 1. The largest absolute Gasteiger partial charge is 0.338 e. The smallest absolute Gasteiger partial charge is 0.226 e. The quantitative estimate of drug-likeness (QED) is 0.854. The molecule has 1 aromatic heterocycles. The number of amides is 1. The molecule has 0 aliphatic heterocycles. The summed E-state index contributed by atoms with van der Waals surface area (Å²) >= 11 is 0. The van der Waals surface area contributed by atoms with E-state index < -0.39 is 0 Å². The number of nitrogens with one attached hydrogen (secondary N) is 1. The highest BCUT2D eigenvalue weighted by Crippen LogP contribution is 2.55. The normalized spacial score (nSPS) is 30.8. The Morgan fingerprint density at radius 2 is 2.18 bits per heavy atom. The van der Waals surface area contributed by atoms with Gasteiger partial charge in [-0.25, -0.2) is 4.98 Å². The van der Waals surface area contributed by atoms with Crippen LogP contribution in [-0.4, -0.2) is 33.0 Å². The predicted molar refractivity (Wildman–Crippen MR) is 61.8 cm³/mol. The Labute approximate surface area is 101 Å². The second-order valence-electron chi connectivity index (χ2n) is 5.26. The zero-order valence-electron chi connectivity index (χ0n) is 10.1. The standard InChI is InChI=1S/C12H18N4O/c1-16(6-10-13-7-14-15-10)12(17)11-8-4-2-3-5-9(8)11/h7-9,11H,2-6H2,1H3,(H,13,14,15). The fraction of sp³-hybridized carbons (Fsp3) is 0.750. The van der Waals surface area contributed by atoms with Crippen molar-refractivity contribution in [3.8, 4) is 0 Å². The average Bonchev–Trinajstić information content (AvgIpc) is 2.85. The van der Waals surface area contributed by atoms with Crippen molar-refractivity contribution in [2.45, 2.75) is 32.2 Å². The molecular weight excluding hydrogens is 216 g/mol. The second kappa shape index (κ2) is 4.13. The molecule has 0 saturated heterocycles. The Balaban J connectivity index is 1.59. The van der Waals surface area contributed by atoms with Crippen LogP contribution in [0.1, 0.15) is 31.5 Å². The van der Waals surface area contributed by atoms with Crippen LogP contribution < -0.4 is 0 Å². The van der Waals surface area contributed by atoms with E-state index in [1.165, 1.54) is 32.0 Å². The Morgan fingerprint density at radius 1 is 1.47 bits per heavy atom. The van der Waals surface area contributed by atoms with Gasteiger partial charge in [0.2, 0.25) is 5.91 Å². The van der Waals surface area contributed by atoms with Gasteiger partial charge in [0.05, 0.1) is 6.54 Å². The van der Waals surface area contributed by atoms with Gasteiger partial charge in [-0.2, -0.15) is 5.10 Å². The molecule has 2 unspecified atom stereocenters. The van der Waals surface area contributed by atoms with Crippen LogP contribution in [0, 0.1) is 17.8 Å². The first kappa shape index (κ1) is 10.7. The minimum atomic E-state index is 0.290. The third-order valence-corrected chi connectivity index (χ3v) is 4.17. The topological polar surface area (TPSA) is 61.9 Å². The molecular formula is C12H18N4O. The zero-order chi connectivity index (χ0) is 11.8. The third kappa shape index (κ3) is 1.94. The van der Waals surface area contributed by atoms with Gasteiger partial charge in [-0.05, 0) is 24.7 Å². The summed E-state index contributed by atoms with van der Waals surface area (Å²) in [5.41, 5.74) is 0. The lowest BCUT2D eigenvalue weighted by Gasteiger charge is -2.15. The number of carbonyl (C=O) groups is 1. The average molecular weight is 234 g/mol. The molecule has 2 saturated carbocycles. The number of nitrogens with zero attached hydrogens (tertiary/aromatic N) is 3. The summed E-state index contributed by atoms with van der Waals surface area (Å²) < 4.78 is 0. The molecule has 1 heterocycles. The van der Waals surface area contributed by atoms with Crippen molar-refractivity contribution in [3.63, 3.8) is 0 Å². The highest BCUT2D eigenvalue weighted by molar-refractivity contribution is 5.82. The Bertz CT molecular complexity index is 391. The van der Waals surface area contributed by atoms with Gasteiger partial charge in [0, 0.05) is 13.0 Å². The van der Waals surface area contributed by atoms with Crippen molar-refractivity contribution in [1.82, 2.24) is 20.1 Å². The van der Waals surface area contributed by atoms with Crippen molar-refractivity contribution in [1.29, 1.82) is 0 Å². The summed E-state index contributed by atoms with van der Waals surface area (Å²) in [7, 11) is 1.86. The van der Waals surface area contributed by atoms with Crippen molar-refractivity contribution >= 4 is 5.91 Å². The fourth-order valence-electron chi connectivity index (χ4n) is 3.22. The van der Waals surface area contributed by atoms with Gasteiger partial charge in [0.25, 0.3) is 0 Å². The molecule has 0 aromatic carbocycles. The molecule has 0 radical (unpaired) electrons. The van der Waals surface area contributed by atoms with Crippen LogP contribution in [0.15, 0.2) is 6.33 Å². The summed E-state index contributed by atoms with van der Waals surface area (Å²) in [5, 5.41) is 6.58. The molecule has 2 atom stereocenters. The molecule has 3 rings (SSSR count). The molecule has 0 bridgehead atoms. The fourth-order valence-corrected chi connectivity index (χ4v) is 3.22. The summed E-state index contributed by atoms with van der Waals surface area (Å²) in [4.78, 5) is 18.1. The van der Waals surface area contributed by atoms with Crippen LogP contribution >= 0.6 is 0 Å². The van der Waals surface area contributed by atoms with Crippen molar-refractivity contribution in [2.75, 3.05) is 7.05 Å². The molecule has 2 aliphatic carbocycles. The van der Waals surface area contributed by atoms with E-state index in [9.17, 15) is 4.79 Å². The number of fused-ring (bicyclic) bond motifs is 1. The number of carbonyl (C=O) groups excluding carboxylic acids is 1. The van der Waals surface area contributed by atoms with Gasteiger partial charge < -0.3 is 4.90 Å². The summed E-state index contributed by atoms with van der Waals surface area (Å²) in [5.74, 6) is 2.69. The first-order valence-electron chi connectivity index (χ1n) is 6.36. The number of rotatable bonds is 3. The lowest BCUT2D eigenvalue weighted by molar-refractivity contribution is -0.132. The number of aromatic nitrogens is 3. The van der Waals surface area contributed by atoms with E-state index in [-0.39, 0.29) is 0 Å². The first-order chi connectivity index (χ1) is 8.27. The summed E-state index contributed by atoms with van der Waals surface area (Å²) in [6.07, 6.45) is 6.58. The molecule has 2 aliphatic rings. The third-order valence-electron chi connectivity index (χ3n) is 4.17. The van der Waals surface area contributed by atoms with E-state index in [4.69, 9.17) is 0 Å². The lowest BCUT2D eigenvalue weighted by atomic mass is 10.0. The maximum atomic E-state index is 12.3. The van der Waals surface area contributed by atoms with E-state index in [0.717, 1.165) is 5.82 Å². The van der Waals surface area contributed by atoms with Crippen LogP contribution in [0.2, 0.25) is 0 Å². The maximum absolute atomic E-state index is 12.3. The van der Waals surface area contributed by atoms with Gasteiger partial charge >= 0.3 is 0 Å². The Kier molecular flexibility index (Phi) is 2.61. The monoisotopic (exact) mass is 234 g/mol. The number of aromatic amines is 1. The van der Waals surface area contributed by atoms with Crippen LogP contribution in [0.3, 0.4) is 0 Å². The van der Waals surface area contributed by atoms with Crippen LogP contribution in [-0.2, 0) is 11.3 Å². The molecule has 1 aromatic rings. The number of hydrogen-bond acceptors (Lipinski definition) is 3. The van der Waals surface area contributed by atoms with E-state index >= 15 is 0 Å². The van der Waals surface area contributed by atoms with Gasteiger partial charge in [0.1, 0.15) is 12.2 Å². The molecule has 17 heavy (non-hydrogen) atoms. The van der Waals surface area contributed by atoms with Gasteiger partial charge in [-0.3, -0.25) is 9.89 Å². The van der Waals surface area contributed by atoms with Gasteiger partial charge in [0.15, 0.2) is 0 Å². The summed E-state index contributed by atoms with van der Waals surface area (Å²) in [6.45, 7) is 0.536. The molecule has 1 N–H and O–H groups in total. The Morgan fingerprint density at radius 3 is 2.76 bits per heavy atom. The van der Waals surface area contributed by atoms with E-state index in [1.54, 1.807) is 4.90 Å². The Hall–Kier alpha value is -1.39. The van der Waals surface area contributed by atoms with Crippen LogP contribution in [0.5, 0.6) is 0 Å². The number of hydrogen-bond donors (Lipinski definition) is 1. The highest BCUT2D eigenvalue weighted by atomic mass is 16.2. The van der Waals surface area contributed by atoms with Crippen molar-refractivity contribution in [3.05, 3.63) is 12.2 Å². The molecule has 1 amide bonds. The van der Waals surface area contributed by atoms with Crippen molar-refractivity contribution in [2.24, 2.45) is 17.8 Å². The van der Waals surface area contributed by atoms with E-state index in [1.807, 2.05) is 7.05 Å². The van der Waals surface area contributed by atoms with Crippen LogP contribution in [0.4, 0.5) is 0 Å². The lowest BCUT2D eigenvalue weighted by Crippen LogP contribution is -2.29. The van der Waals surface area contributed by atoms with Crippen LogP contribution in [0.25, 0.3) is 0 Å².